The molecule has 0 radical (unpaired) electrons. The van der Waals surface area contributed by atoms with Gasteiger partial charge in [-0.05, 0) is 42.0 Å². The molecule has 0 aliphatic heterocycles. The maximum atomic E-state index is 2.30. The van der Waals surface area contributed by atoms with Crippen LogP contribution in [0.1, 0.15) is 5.56 Å². The Labute approximate surface area is 207 Å². The summed E-state index contributed by atoms with van der Waals surface area (Å²) in [5, 5.41) is 4.30. The normalized spacial score (nSPS) is 10.1. The fraction of sp³-hybridized carbons (Fsp3) is 0.0400. The van der Waals surface area contributed by atoms with Gasteiger partial charge in [0.05, 0.1) is 6.16 Å². The first kappa shape index (κ1) is 25.8. The standard InChI is InChI=1S/C25H22P.BrH.H2N.Na/c1-5-13-22(14-6-1)21-26(23-15-7-2-8-16-23,24-17-9-3-10-18-24)25-19-11-4-12-20-25;;;/h1-20H,21H2;1H;1H2;/q+1;;-1;+1/p-1. The van der Waals surface area contributed by atoms with E-state index in [2.05, 4.69) is 121 Å². The molecule has 0 unspecified atom stereocenters. The van der Waals surface area contributed by atoms with Crippen molar-refractivity contribution in [1.29, 1.82) is 0 Å². The molecule has 0 aliphatic rings. The summed E-state index contributed by atoms with van der Waals surface area (Å²) in [6.45, 7) is 0. The predicted octanol–water partition coefficient (Wildman–Crippen LogP) is -0.0942. The Bertz CT molecular complexity index is 854. The Hall–Kier alpha value is -1.25. The van der Waals surface area contributed by atoms with Crippen LogP contribution >= 0.6 is 7.26 Å². The minimum absolute atomic E-state index is 0. The van der Waals surface area contributed by atoms with Gasteiger partial charge in [0, 0.05) is 0 Å². The molecule has 0 atom stereocenters. The first-order valence-corrected chi connectivity index (χ1v) is 11.0. The molecular formula is C25H24BrNNaP. The smallest absolute Gasteiger partial charge is 1.00 e. The van der Waals surface area contributed by atoms with Crippen molar-refractivity contribution in [3.8, 4) is 0 Å². The van der Waals surface area contributed by atoms with Gasteiger partial charge in [-0.1, -0.05) is 84.9 Å². The second kappa shape index (κ2) is 12.4. The van der Waals surface area contributed by atoms with Gasteiger partial charge < -0.3 is 23.1 Å². The van der Waals surface area contributed by atoms with E-state index in [1.165, 1.54) is 21.5 Å². The van der Waals surface area contributed by atoms with Gasteiger partial charge in [0.1, 0.15) is 23.2 Å². The molecule has 4 aromatic rings. The monoisotopic (exact) mass is 471 g/mol. The van der Waals surface area contributed by atoms with Gasteiger partial charge in [0.25, 0.3) is 0 Å². The molecule has 2 N–H and O–H groups in total. The molecule has 4 heteroatoms. The third kappa shape index (κ3) is 5.67. The van der Waals surface area contributed by atoms with Gasteiger partial charge in [-0.3, -0.25) is 0 Å². The van der Waals surface area contributed by atoms with Crippen molar-refractivity contribution in [3.63, 3.8) is 0 Å². The minimum atomic E-state index is -1.78. The topological polar surface area (TPSA) is 33.5 Å². The molecule has 29 heavy (non-hydrogen) atoms. The molecule has 0 spiro atoms. The number of benzene rings is 4. The van der Waals surface area contributed by atoms with Crippen LogP contribution in [0.2, 0.25) is 0 Å². The van der Waals surface area contributed by atoms with Crippen LogP contribution in [0.15, 0.2) is 121 Å². The fourth-order valence-electron chi connectivity index (χ4n) is 3.63. The molecular weight excluding hydrogens is 448 g/mol. The van der Waals surface area contributed by atoms with Crippen LogP contribution in [0.5, 0.6) is 0 Å². The maximum Gasteiger partial charge on any atom is 1.00 e. The van der Waals surface area contributed by atoms with Crippen molar-refractivity contribution >= 4 is 23.2 Å². The van der Waals surface area contributed by atoms with Crippen LogP contribution in [0.25, 0.3) is 6.15 Å². The summed E-state index contributed by atoms with van der Waals surface area (Å²) in [6, 6.07) is 44.0. The van der Waals surface area contributed by atoms with Crippen LogP contribution in [-0.2, 0) is 6.16 Å². The predicted molar refractivity (Wildman–Crippen MR) is 121 cm³/mol. The quantitative estimate of drug-likeness (QED) is 0.288. The van der Waals surface area contributed by atoms with Crippen LogP contribution in [-0.4, -0.2) is 0 Å². The molecule has 0 fully saturated rings. The largest absolute Gasteiger partial charge is 1.00 e. The Morgan fingerprint density at radius 3 is 1.03 bits per heavy atom. The molecule has 0 saturated heterocycles. The van der Waals surface area contributed by atoms with E-state index in [1.54, 1.807) is 0 Å². The summed E-state index contributed by atoms with van der Waals surface area (Å²) < 4.78 is 0. The summed E-state index contributed by atoms with van der Waals surface area (Å²) in [5.41, 5.74) is 1.39. The first-order chi connectivity index (χ1) is 12.9. The van der Waals surface area contributed by atoms with Crippen LogP contribution in [0.3, 0.4) is 0 Å². The fourth-order valence-corrected chi connectivity index (χ4v) is 7.87. The zero-order chi connectivity index (χ0) is 17.7. The average molecular weight is 472 g/mol. The molecule has 0 saturated carbocycles. The second-order valence-corrected chi connectivity index (χ2v) is 9.95. The molecule has 0 heterocycles. The summed E-state index contributed by atoms with van der Waals surface area (Å²) in [6.07, 6.45) is 1.03. The summed E-state index contributed by atoms with van der Waals surface area (Å²) in [7, 11) is -1.78. The molecule has 4 rings (SSSR count). The summed E-state index contributed by atoms with van der Waals surface area (Å²) in [5.74, 6) is 0. The minimum Gasteiger partial charge on any atom is -1.00 e. The van der Waals surface area contributed by atoms with Gasteiger partial charge in [-0.2, -0.15) is 0 Å². The van der Waals surface area contributed by atoms with Gasteiger partial charge in [0.15, 0.2) is 0 Å². The van der Waals surface area contributed by atoms with Gasteiger partial charge in [-0.15, -0.1) is 0 Å². The molecule has 1 nitrogen and oxygen atoms in total. The van der Waals surface area contributed by atoms with Gasteiger partial charge >= 0.3 is 29.6 Å². The van der Waals surface area contributed by atoms with E-state index in [1.807, 2.05) is 0 Å². The Kier molecular flexibility index (Phi) is 11.1. The summed E-state index contributed by atoms with van der Waals surface area (Å²) >= 11 is 0. The SMILES string of the molecule is [Br-].[NH2-].[Na+].c1ccc(C[P+](c2ccccc2)(c2ccccc2)c2ccccc2)cc1. The maximum absolute atomic E-state index is 2.30. The van der Waals surface area contributed by atoms with E-state index in [9.17, 15) is 0 Å². The van der Waals surface area contributed by atoms with Crippen molar-refractivity contribution in [3.05, 3.63) is 133 Å². The van der Waals surface area contributed by atoms with E-state index in [0.29, 0.717) is 0 Å². The van der Waals surface area contributed by atoms with Crippen molar-refractivity contribution < 1.29 is 46.5 Å². The van der Waals surface area contributed by atoms with E-state index in [4.69, 9.17) is 0 Å². The molecule has 4 aromatic carbocycles. The number of hydrogen-bond donors (Lipinski definition) is 0. The van der Waals surface area contributed by atoms with Crippen molar-refractivity contribution in [2.45, 2.75) is 6.16 Å². The van der Waals surface area contributed by atoms with Crippen LogP contribution < -0.4 is 62.5 Å². The molecule has 0 bridgehead atoms. The third-order valence-corrected chi connectivity index (χ3v) is 9.23. The number of halogens is 1. The van der Waals surface area contributed by atoms with E-state index < -0.39 is 7.26 Å². The molecule has 142 valence electrons. The van der Waals surface area contributed by atoms with Crippen molar-refractivity contribution in [1.82, 2.24) is 0 Å². The molecule has 0 aromatic heterocycles. The van der Waals surface area contributed by atoms with E-state index in [-0.39, 0.29) is 52.7 Å². The van der Waals surface area contributed by atoms with Crippen molar-refractivity contribution in [2.24, 2.45) is 0 Å². The van der Waals surface area contributed by atoms with Gasteiger partial charge in [0.2, 0.25) is 0 Å². The number of hydrogen-bond acceptors (Lipinski definition) is 0. The second-order valence-electron chi connectivity index (χ2n) is 6.46. The first-order valence-electron chi connectivity index (χ1n) is 8.98. The molecule has 0 aliphatic carbocycles. The average Bonchev–Trinajstić information content (AvgIpc) is 2.75. The zero-order valence-corrected chi connectivity index (χ0v) is 21.1. The Balaban J connectivity index is 0.00000140. The Morgan fingerprint density at radius 1 is 0.448 bits per heavy atom. The molecule has 0 amide bonds. The third-order valence-electron chi connectivity index (χ3n) is 4.85. The van der Waals surface area contributed by atoms with E-state index >= 15 is 0 Å². The number of nitrogens with two attached hydrogens (primary N) is 1. The van der Waals surface area contributed by atoms with Crippen LogP contribution in [0.4, 0.5) is 0 Å². The van der Waals surface area contributed by atoms with Crippen LogP contribution in [0, 0.1) is 0 Å². The van der Waals surface area contributed by atoms with Gasteiger partial charge in [-0.25, -0.2) is 0 Å². The Morgan fingerprint density at radius 2 is 0.724 bits per heavy atom. The number of rotatable bonds is 5. The van der Waals surface area contributed by atoms with E-state index in [0.717, 1.165) is 6.16 Å². The van der Waals surface area contributed by atoms with Crippen molar-refractivity contribution in [2.75, 3.05) is 0 Å². The summed E-state index contributed by atoms with van der Waals surface area (Å²) in [4.78, 5) is 0. The zero-order valence-electron chi connectivity index (χ0n) is 16.7.